The number of carboxylic acids is 1. The van der Waals surface area contributed by atoms with Gasteiger partial charge in [0.2, 0.25) is 0 Å². The summed E-state index contributed by atoms with van der Waals surface area (Å²) in [6.45, 7) is -0.495. The predicted octanol–water partition coefficient (Wildman–Crippen LogP) is 1.94. The highest BCUT2D eigenvalue weighted by atomic mass is 35.5. The minimum Gasteiger partial charge on any atom is -0.484 e. The van der Waals surface area contributed by atoms with Crippen molar-refractivity contribution in [3.05, 3.63) is 53.1 Å². The zero-order valence-electron chi connectivity index (χ0n) is 16.7. The van der Waals surface area contributed by atoms with Crippen LogP contribution in [0.3, 0.4) is 0 Å². The molecule has 9 nitrogen and oxygen atoms in total. The summed E-state index contributed by atoms with van der Waals surface area (Å²) in [7, 11) is 0. The number of hydrogen-bond acceptors (Lipinski definition) is 6. The number of nitrogens with zero attached hydrogens (tertiary/aromatic N) is 1. The number of rotatable bonds is 9. The van der Waals surface area contributed by atoms with E-state index in [0.717, 1.165) is 6.07 Å². The summed E-state index contributed by atoms with van der Waals surface area (Å²) in [5.74, 6) is -1.94. The van der Waals surface area contributed by atoms with E-state index in [9.17, 15) is 18.8 Å². The molecule has 11 heteroatoms. The maximum Gasteiger partial charge on any atom is 0.354 e. The smallest absolute Gasteiger partial charge is 0.354 e. The molecule has 3 saturated carbocycles. The summed E-state index contributed by atoms with van der Waals surface area (Å²) in [6.07, 6.45) is 3.04. The van der Waals surface area contributed by atoms with Crippen molar-refractivity contribution in [3.63, 3.8) is 0 Å². The van der Waals surface area contributed by atoms with Gasteiger partial charge in [-0.05, 0) is 43.5 Å². The molecule has 2 aromatic rings. The summed E-state index contributed by atoms with van der Waals surface area (Å²) in [5.41, 5.74) is -0.843. The second kappa shape index (κ2) is 8.27. The zero-order valence-corrected chi connectivity index (χ0v) is 17.4. The van der Waals surface area contributed by atoms with Crippen molar-refractivity contribution in [3.8, 4) is 11.5 Å². The van der Waals surface area contributed by atoms with E-state index in [1.165, 1.54) is 30.5 Å². The third kappa shape index (κ3) is 4.59. The summed E-state index contributed by atoms with van der Waals surface area (Å²) >= 11 is 5.61. The van der Waals surface area contributed by atoms with Crippen molar-refractivity contribution in [2.75, 3.05) is 13.2 Å². The van der Waals surface area contributed by atoms with Crippen LogP contribution in [0.4, 0.5) is 4.39 Å². The average molecular weight is 464 g/mol. The number of aromatic nitrogens is 1. The van der Waals surface area contributed by atoms with E-state index in [2.05, 4.69) is 15.6 Å². The number of carboxylic acid groups (broad SMARTS) is 1. The van der Waals surface area contributed by atoms with Gasteiger partial charge in [0.1, 0.15) is 23.0 Å². The number of amides is 2. The van der Waals surface area contributed by atoms with Crippen molar-refractivity contribution in [1.82, 2.24) is 15.6 Å². The van der Waals surface area contributed by atoms with E-state index in [-0.39, 0.29) is 58.3 Å². The number of nitrogens with one attached hydrogen (secondary N) is 2. The molecule has 0 spiro atoms. The Kier molecular flexibility index (Phi) is 5.64. The summed E-state index contributed by atoms with van der Waals surface area (Å²) in [4.78, 5) is 38.8. The van der Waals surface area contributed by atoms with E-state index in [1.807, 2.05) is 0 Å². The molecule has 5 rings (SSSR count). The van der Waals surface area contributed by atoms with Crippen LogP contribution in [0.5, 0.6) is 11.5 Å². The molecule has 168 valence electrons. The molecule has 2 bridgehead atoms. The first-order valence-corrected chi connectivity index (χ1v) is 10.1. The zero-order chi connectivity index (χ0) is 22.9. The molecule has 1 aromatic carbocycles. The topological polar surface area (TPSA) is 127 Å². The molecule has 0 saturated heterocycles. The average Bonchev–Trinajstić information content (AvgIpc) is 2.71. The van der Waals surface area contributed by atoms with Crippen LogP contribution in [-0.2, 0) is 9.59 Å². The summed E-state index contributed by atoms with van der Waals surface area (Å²) < 4.78 is 24.0. The lowest BCUT2D eigenvalue weighted by Gasteiger charge is -2.70. The van der Waals surface area contributed by atoms with Gasteiger partial charge < -0.3 is 25.2 Å². The molecule has 0 atom stereocenters. The van der Waals surface area contributed by atoms with E-state index >= 15 is 0 Å². The highest BCUT2D eigenvalue weighted by Crippen LogP contribution is 2.60. The van der Waals surface area contributed by atoms with Crippen molar-refractivity contribution < 1.29 is 33.4 Å². The van der Waals surface area contributed by atoms with Crippen LogP contribution in [0, 0.1) is 5.82 Å². The normalized spacial score (nSPS) is 22.7. The lowest BCUT2D eigenvalue weighted by atomic mass is 9.44. The van der Waals surface area contributed by atoms with Crippen molar-refractivity contribution in [2.45, 2.75) is 30.3 Å². The minimum atomic E-state index is -1.15. The Labute approximate surface area is 186 Å². The number of hydrogen-bond donors (Lipinski definition) is 3. The largest absolute Gasteiger partial charge is 0.484 e. The molecule has 3 fully saturated rings. The van der Waals surface area contributed by atoms with Gasteiger partial charge in [-0.3, -0.25) is 9.59 Å². The molecule has 0 radical (unpaired) electrons. The van der Waals surface area contributed by atoms with Crippen molar-refractivity contribution in [1.29, 1.82) is 0 Å². The molecule has 1 aromatic heterocycles. The van der Waals surface area contributed by atoms with Gasteiger partial charge >= 0.3 is 5.97 Å². The fraction of sp³-hybridized carbons (Fsp3) is 0.333. The Morgan fingerprint density at radius 3 is 2.06 bits per heavy atom. The van der Waals surface area contributed by atoms with Crippen LogP contribution in [0.2, 0.25) is 5.02 Å². The SMILES string of the molecule is O=C(COc1ccc(C(=O)O)nc1)NC12CC(NC(=O)COc3ccc(Cl)c(F)c3)(C1)C2. The molecular weight excluding hydrogens is 445 g/mol. The fourth-order valence-electron chi connectivity index (χ4n) is 4.17. The van der Waals surface area contributed by atoms with Crippen molar-refractivity contribution in [2.24, 2.45) is 0 Å². The molecule has 1 heterocycles. The van der Waals surface area contributed by atoms with Crippen molar-refractivity contribution >= 4 is 29.4 Å². The van der Waals surface area contributed by atoms with E-state index < -0.39 is 11.8 Å². The predicted molar refractivity (Wildman–Crippen MR) is 109 cm³/mol. The van der Waals surface area contributed by atoms with E-state index in [1.54, 1.807) is 0 Å². The maximum absolute atomic E-state index is 13.4. The Balaban J connectivity index is 1.16. The van der Waals surface area contributed by atoms with Crippen LogP contribution in [-0.4, -0.2) is 52.2 Å². The van der Waals surface area contributed by atoms with Gasteiger partial charge in [0.05, 0.1) is 11.2 Å². The first kappa shape index (κ1) is 21.8. The third-order valence-electron chi connectivity index (χ3n) is 5.43. The first-order valence-electron chi connectivity index (χ1n) is 9.70. The Morgan fingerprint density at radius 1 is 1.00 bits per heavy atom. The molecule has 3 aliphatic rings. The minimum absolute atomic E-state index is 0.0267. The first-order chi connectivity index (χ1) is 15.2. The standard InChI is InChI=1S/C21H19ClFN3O6/c22-14-3-1-12(5-15(14)23)31-7-17(27)25-20-9-21(10-20,11-20)26-18(28)8-32-13-2-4-16(19(29)30)24-6-13/h1-6H,7-11H2,(H,25,27)(H,26,28)(H,29,30). The molecule has 3 N–H and O–H groups in total. The summed E-state index contributed by atoms with van der Waals surface area (Å²) in [6, 6.07) is 6.65. The van der Waals surface area contributed by atoms with Gasteiger partial charge in [0.15, 0.2) is 13.2 Å². The molecule has 3 aliphatic carbocycles. The van der Waals surface area contributed by atoms with Gasteiger partial charge in [0, 0.05) is 17.1 Å². The molecule has 0 unspecified atom stereocenters. The highest BCUT2D eigenvalue weighted by Gasteiger charge is 2.69. The van der Waals surface area contributed by atoms with Crippen LogP contribution in [0.1, 0.15) is 29.8 Å². The molecule has 2 amide bonds. The van der Waals surface area contributed by atoms with Crippen LogP contribution in [0.15, 0.2) is 36.5 Å². The van der Waals surface area contributed by atoms with Gasteiger partial charge in [-0.2, -0.15) is 0 Å². The fourth-order valence-corrected chi connectivity index (χ4v) is 4.29. The Bertz CT molecular complexity index is 1060. The second-order valence-corrected chi connectivity index (χ2v) is 8.43. The second-order valence-electron chi connectivity index (χ2n) is 8.02. The number of pyridine rings is 1. The number of aromatic carboxylic acids is 1. The maximum atomic E-state index is 13.4. The Hall–Kier alpha value is -3.40. The number of carbonyl (C=O) groups excluding carboxylic acids is 2. The lowest BCUT2D eigenvalue weighted by molar-refractivity contribution is -0.151. The number of carbonyl (C=O) groups is 3. The van der Waals surface area contributed by atoms with E-state index in [0.29, 0.717) is 19.3 Å². The Morgan fingerprint density at radius 2 is 1.56 bits per heavy atom. The lowest BCUT2D eigenvalue weighted by Crippen LogP contribution is -2.84. The van der Waals surface area contributed by atoms with Crippen LogP contribution in [0.25, 0.3) is 0 Å². The van der Waals surface area contributed by atoms with Crippen LogP contribution >= 0.6 is 11.6 Å². The number of benzene rings is 1. The monoisotopic (exact) mass is 463 g/mol. The quantitative estimate of drug-likeness (QED) is 0.518. The third-order valence-corrected chi connectivity index (χ3v) is 5.73. The molecule has 0 aliphatic heterocycles. The van der Waals surface area contributed by atoms with E-state index in [4.69, 9.17) is 26.2 Å². The van der Waals surface area contributed by atoms with Gasteiger partial charge in [-0.25, -0.2) is 14.2 Å². The highest BCUT2D eigenvalue weighted by molar-refractivity contribution is 6.30. The molecule has 32 heavy (non-hydrogen) atoms. The summed E-state index contributed by atoms with van der Waals surface area (Å²) in [5, 5.41) is 14.6. The van der Waals surface area contributed by atoms with Gasteiger partial charge in [0.25, 0.3) is 11.8 Å². The number of ether oxygens (including phenoxy) is 2. The molecular formula is C21H19ClFN3O6. The van der Waals surface area contributed by atoms with Crippen LogP contribution < -0.4 is 20.1 Å². The van der Waals surface area contributed by atoms with Gasteiger partial charge in [-0.15, -0.1) is 0 Å². The van der Waals surface area contributed by atoms with Gasteiger partial charge in [-0.1, -0.05) is 11.6 Å². The number of halogens is 2.